The fourth-order valence-electron chi connectivity index (χ4n) is 2.46. The molecule has 0 radical (unpaired) electrons. The van der Waals surface area contributed by atoms with Crippen molar-refractivity contribution in [2.45, 2.75) is 38.6 Å². The first-order valence-electron chi connectivity index (χ1n) is 7.32. The molecule has 1 saturated carbocycles. The van der Waals surface area contributed by atoms with Gasteiger partial charge in [0.05, 0.1) is 0 Å². The molecule has 2 heteroatoms. The minimum Gasteiger partial charge on any atom is -0.324 e. The second kappa shape index (κ2) is 6.91. The Morgan fingerprint density at radius 3 is 2.56 bits per heavy atom. The van der Waals surface area contributed by atoms with Gasteiger partial charge in [0.2, 0.25) is 0 Å². The molecule has 1 aliphatic carbocycles. The van der Waals surface area contributed by atoms with Gasteiger partial charge in [-0.15, -0.1) is 0 Å². The van der Waals surface area contributed by atoms with Crippen LogP contribution in [0.2, 0.25) is 0 Å². The largest absolute Gasteiger partial charge is 0.324 e. The third-order valence-electron chi connectivity index (χ3n) is 3.74. The molecule has 0 aromatic heterocycles. The predicted molar refractivity (Wildman–Crippen MR) is 77.4 cm³/mol. The zero-order valence-electron chi connectivity index (χ0n) is 11.5. The molecule has 2 rings (SSSR count). The van der Waals surface area contributed by atoms with Crippen LogP contribution in [0, 0.1) is 5.92 Å². The number of hydrogen-bond donors (Lipinski definition) is 1. The Balaban J connectivity index is 1.77. The van der Waals surface area contributed by atoms with Crippen molar-refractivity contribution >= 4 is 0 Å². The average molecular weight is 246 g/mol. The van der Waals surface area contributed by atoms with E-state index in [1.54, 1.807) is 0 Å². The number of hydrogen-bond acceptors (Lipinski definition) is 2. The molecule has 100 valence electrons. The molecule has 2 N–H and O–H groups in total. The van der Waals surface area contributed by atoms with Crippen LogP contribution in [0.25, 0.3) is 0 Å². The van der Waals surface area contributed by atoms with Gasteiger partial charge in [-0.25, -0.2) is 0 Å². The molecule has 0 spiro atoms. The van der Waals surface area contributed by atoms with E-state index in [-0.39, 0.29) is 6.04 Å². The van der Waals surface area contributed by atoms with Gasteiger partial charge in [0, 0.05) is 12.6 Å². The quantitative estimate of drug-likeness (QED) is 0.763. The summed E-state index contributed by atoms with van der Waals surface area (Å²) in [5.41, 5.74) is 7.52. The third-order valence-corrected chi connectivity index (χ3v) is 3.74. The van der Waals surface area contributed by atoms with Gasteiger partial charge in [-0.05, 0) is 50.3 Å². The van der Waals surface area contributed by atoms with E-state index < -0.39 is 0 Å². The maximum absolute atomic E-state index is 6.26. The number of benzene rings is 1. The van der Waals surface area contributed by atoms with Gasteiger partial charge in [0.1, 0.15) is 0 Å². The van der Waals surface area contributed by atoms with Crippen LogP contribution in [0.4, 0.5) is 0 Å². The minimum absolute atomic E-state index is 0.185. The smallest absolute Gasteiger partial charge is 0.0307 e. The summed E-state index contributed by atoms with van der Waals surface area (Å²) in [5.74, 6) is 0.976. The van der Waals surface area contributed by atoms with Crippen molar-refractivity contribution in [2.75, 3.05) is 19.6 Å². The van der Waals surface area contributed by atoms with Crippen LogP contribution in [0.5, 0.6) is 0 Å². The summed E-state index contributed by atoms with van der Waals surface area (Å²) < 4.78 is 0. The van der Waals surface area contributed by atoms with E-state index >= 15 is 0 Å². The molecule has 1 aliphatic rings. The molecule has 18 heavy (non-hydrogen) atoms. The SMILES string of the molecule is CCCN(CCC(N)c1ccccc1)CC1CC1. The van der Waals surface area contributed by atoms with Crippen molar-refractivity contribution < 1.29 is 0 Å². The molecular formula is C16H26N2. The molecule has 2 nitrogen and oxygen atoms in total. The summed E-state index contributed by atoms with van der Waals surface area (Å²) in [7, 11) is 0. The lowest BCUT2D eigenvalue weighted by Gasteiger charge is -2.23. The molecular weight excluding hydrogens is 220 g/mol. The van der Waals surface area contributed by atoms with Gasteiger partial charge < -0.3 is 10.6 Å². The molecule has 1 aromatic carbocycles. The second-order valence-corrected chi connectivity index (χ2v) is 5.55. The van der Waals surface area contributed by atoms with E-state index in [4.69, 9.17) is 5.73 Å². The maximum Gasteiger partial charge on any atom is 0.0307 e. The first kappa shape index (κ1) is 13.6. The third kappa shape index (κ3) is 4.43. The van der Waals surface area contributed by atoms with Gasteiger partial charge in [-0.1, -0.05) is 37.3 Å². The molecule has 0 heterocycles. The first-order valence-corrected chi connectivity index (χ1v) is 7.32. The molecule has 1 fully saturated rings. The summed E-state index contributed by atoms with van der Waals surface area (Å²) in [4.78, 5) is 2.60. The average Bonchev–Trinajstić information content (AvgIpc) is 3.21. The van der Waals surface area contributed by atoms with E-state index in [1.807, 2.05) is 6.07 Å². The van der Waals surface area contributed by atoms with Crippen LogP contribution >= 0.6 is 0 Å². The van der Waals surface area contributed by atoms with Gasteiger partial charge in [-0.2, -0.15) is 0 Å². The van der Waals surface area contributed by atoms with Gasteiger partial charge in [0.25, 0.3) is 0 Å². The summed E-state index contributed by atoms with van der Waals surface area (Å²) >= 11 is 0. The monoisotopic (exact) mass is 246 g/mol. The first-order chi connectivity index (χ1) is 8.79. The van der Waals surface area contributed by atoms with Gasteiger partial charge in [0.15, 0.2) is 0 Å². The Morgan fingerprint density at radius 2 is 1.94 bits per heavy atom. The van der Waals surface area contributed by atoms with Crippen LogP contribution < -0.4 is 5.73 Å². The highest BCUT2D eigenvalue weighted by atomic mass is 15.1. The zero-order valence-corrected chi connectivity index (χ0v) is 11.5. The van der Waals surface area contributed by atoms with Crippen LogP contribution in [0.3, 0.4) is 0 Å². The van der Waals surface area contributed by atoms with Gasteiger partial charge >= 0.3 is 0 Å². The molecule has 1 atom stereocenters. The number of nitrogens with two attached hydrogens (primary N) is 1. The Labute approximate surface area is 111 Å². The molecule has 1 unspecified atom stereocenters. The molecule has 0 saturated heterocycles. The van der Waals surface area contributed by atoms with Crippen molar-refractivity contribution in [1.29, 1.82) is 0 Å². The Morgan fingerprint density at radius 1 is 1.22 bits per heavy atom. The number of nitrogens with zero attached hydrogens (tertiary/aromatic N) is 1. The second-order valence-electron chi connectivity index (χ2n) is 5.55. The Hall–Kier alpha value is -0.860. The van der Waals surface area contributed by atoms with E-state index in [9.17, 15) is 0 Å². The lowest BCUT2D eigenvalue weighted by molar-refractivity contribution is 0.253. The van der Waals surface area contributed by atoms with Crippen molar-refractivity contribution in [1.82, 2.24) is 4.90 Å². The standard InChI is InChI=1S/C16H26N2/c1-2-11-18(13-14-8-9-14)12-10-16(17)15-6-4-3-5-7-15/h3-7,14,16H,2,8-13,17H2,1H3. The summed E-state index contributed by atoms with van der Waals surface area (Å²) in [6.07, 6.45) is 5.18. The highest BCUT2D eigenvalue weighted by molar-refractivity contribution is 5.18. The summed E-state index contributed by atoms with van der Waals surface area (Å²) in [6.45, 7) is 5.91. The summed E-state index contributed by atoms with van der Waals surface area (Å²) in [6, 6.07) is 10.6. The van der Waals surface area contributed by atoms with Crippen LogP contribution in [0.1, 0.15) is 44.2 Å². The van der Waals surface area contributed by atoms with E-state index in [0.717, 1.165) is 18.9 Å². The minimum atomic E-state index is 0.185. The zero-order chi connectivity index (χ0) is 12.8. The molecule has 0 bridgehead atoms. The van der Waals surface area contributed by atoms with Crippen LogP contribution in [-0.2, 0) is 0 Å². The van der Waals surface area contributed by atoms with E-state index in [2.05, 4.69) is 36.1 Å². The van der Waals surface area contributed by atoms with E-state index in [0.29, 0.717) is 0 Å². The van der Waals surface area contributed by atoms with Crippen molar-refractivity contribution in [3.63, 3.8) is 0 Å². The van der Waals surface area contributed by atoms with Crippen LogP contribution in [0.15, 0.2) is 30.3 Å². The topological polar surface area (TPSA) is 29.3 Å². The predicted octanol–water partition coefficient (Wildman–Crippen LogP) is 3.20. The Bertz CT molecular complexity index is 332. The van der Waals surface area contributed by atoms with Gasteiger partial charge in [-0.3, -0.25) is 0 Å². The summed E-state index contributed by atoms with van der Waals surface area (Å²) in [5, 5.41) is 0. The molecule has 0 aliphatic heterocycles. The van der Waals surface area contributed by atoms with Crippen molar-refractivity contribution in [3.8, 4) is 0 Å². The maximum atomic E-state index is 6.26. The molecule has 0 amide bonds. The highest BCUT2D eigenvalue weighted by Gasteiger charge is 2.24. The fourth-order valence-corrected chi connectivity index (χ4v) is 2.46. The lowest BCUT2D eigenvalue weighted by Crippen LogP contribution is -2.30. The lowest BCUT2D eigenvalue weighted by atomic mass is 10.0. The van der Waals surface area contributed by atoms with Crippen molar-refractivity contribution in [2.24, 2.45) is 11.7 Å². The van der Waals surface area contributed by atoms with Crippen molar-refractivity contribution in [3.05, 3.63) is 35.9 Å². The van der Waals surface area contributed by atoms with E-state index in [1.165, 1.54) is 37.9 Å². The molecule has 1 aromatic rings. The fraction of sp³-hybridized carbons (Fsp3) is 0.625. The van der Waals surface area contributed by atoms with Crippen LogP contribution in [-0.4, -0.2) is 24.5 Å². The normalized spacial score (nSPS) is 17.1. The highest BCUT2D eigenvalue weighted by Crippen LogP contribution is 2.30. The Kier molecular flexibility index (Phi) is 5.21. The number of rotatable bonds is 8.